The maximum atomic E-state index is 13.1. The summed E-state index contributed by atoms with van der Waals surface area (Å²) in [5.74, 6) is 0.563. The number of rotatable bonds is 7. The molecule has 0 radical (unpaired) electrons. The first-order valence-electron chi connectivity index (χ1n) is 8.13. The molecular weight excluding hydrogens is 401 g/mol. The van der Waals surface area contributed by atoms with Crippen LogP contribution in [0.25, 0.3) is 0 Å². The maximum Gasteiger partial charge on any atom is 0.418 e. The zero-order chi connectivity index (χ0) is 19.6. The van der Waals surface area contributed by atoms with Gasteiger partial charge >= 0.3 is 6.18 Å². The van der Waals surface area contributed by atoms with Gasteiger partial charge in [0.05, 0.1) is 17.0 Å². The van der Waals surface area contributed by atoms with Crippen LogP contribution in [0.2, 0.25) is 5.02 Å². The third-order valence-corrected chi connectivity index (χ3v) is 5.09. The van der Waals surface area contributed by atoms with Crippen LogP contribution in [0.15, 0.2) is 36.0 Å². The van der Waals surface area contributed by atoms with Gasteiger partial charge in [-0.25, -0.2) is 0 Å². The quantitative estimate of drug-likeness (QED) is 0.523. The molecule has 0 unspecified atom stereocenters. The third-order valence-electron chi connectivity index (χ3n) is 3.89. The second-order valence-electron chi connectivity index (χ2n) is 6.04. The molecule has 1 fully saturated rings. The Labute approximate surface area is 163 Å². The van der Waals surface area contributed by atoms with Gasteiger partial charge < -0.3 is 9.88 Å². The Morgan fingerprint density at radius 1 is 1.41 bits per heavy atom. The zero-order valence-corrected chi connectivity index (χ0v) is 15.7. The monoisotopic (exact) mass is 416 g/mol. The van der Waals surface area contributed by atoms with E-state index in [-0.39, 0.29) is 16.5 Å². The van der Waals surface area contributed by atoms with Gasteiger partial charge in [-0.2, -0.15) is 13.2 Å². The van der Waals surface area contributed by atoms with Gasteiger partial charge in [0.15, 0.2) is 5.16 Å². The highest BCUT2D eigenvalue weighted by Crippen LogP contribution is 2.40. The van der Waals surface area contributed by atoms with E-state index in [0.717, 1.165) is 42.6 Å². The van der Waals surface area contributed by atoms with E-state index in [1.807, 2.05) is 4.57 Å². The van der Waals surface area contributed by atoms with E-state index in [9.17, 15) is 18.0 Å². The van der Waals surface area contributed by atoms with Crippen LogP contribution in [0.1, 0.15) is 30.1 Å². The minimum absolute atomic E-state index is 0.0557. The smallest absolute Gasteiger partial charge is 0.325 e. The summed E-state index contributed by atoms with van der Waals surface area (Å²) in [6.07, 6.45) is -0.804. The molecule has 1 aliphatic carbocycles. The van der Waals surface area contributed by atoms with E-state index < -0.39 is 17.6 Å². The molecule has 1 amide bonds. The van der Waals surface area contributed by atoms with Gasteiger partial charge in [0.1, 0.15) is 5.82 Å². The number of hydrogen-bond donors (Lipinski definition) is 1. The first-order valence-corrected chi connectivity index (χ1v) is 9.49. The van der Waals surface area contributed by atoms with E-state index in [0.29, 0.717) is 17.6 Å². The van der Waals surface area contributed by atoms with Gasteiger partial charge in [0.25, 0.3) is 0 Å². The molecule has 144 valence electrons. The predicted molar refractivity (Wildman–Crippen MR) is 98.0 cm³/mol. The Bertz CT molecular complexity index is 864. The number of nitrogens with one attached hydrogen (secondary N) is 1. The summed E-state index contributed by atoms with van der Waals surface area (Å²) in [5, 5.41) is 11.0. The van der Waals surface area contributed by atoms with Crippen molar-refractivity contribution >= 4 is 35.0 Å². The Balaban J connectivity index is 1.68. The SMILES string of the molecule is C=CCn1c(SCC(=O)Nc2ccc(Cl)cc2C(F)(F)F)nnc1C1CC1. The second kappa shape index (κ2) is 7.93. The lowest BCUT2D eigenvalue weighted by atomic mass is 10.1. The Morgan fingerprint density at radius 3 is 2.78 bits per heavy atom. The van der Waals surface area contributed by atoms with Crippen molar-refractivity contribution in [2.45, 2.75) is 36.6 Å². The van der Waals surface area contributed by atoms with E-state index >= 15 is 0 Å². The molecule has 1 heterocycles. The number of amides is 1. The molecular formula is C17H16ClF3N4OS. The fraction of sp³-hybridized carbons (Fsp3) is 0.353. The van der Waals surface area contributed by atoms with Crippen molar-refractivity contribution in [2.24, 2.45) is 0 Å². The van der Waals surface area contributed by atoms with Crippen LogP contribution < -0.4 is 5.32 Å². The van der Waals surface area contributed by atoms with Gasteiger partial charge in [0, 0.05) is 17.5 Å². The van der Waals surface area contributed by atoms with Crippen molar-refractivity contribution in [1.82, 2.24) is 14.8 Å². The molecule has 2 aromatic rings. The number of aromatic nitrogens is 3. The fourth-order valence-electron chi connectivity index (χ4n) is 2.53. The molecule has 0 atom stereocenters. The molecule has 1 aromatic heterocycles. The van der Waals surface area contributed by atoms with Gasteiger partial charge in [0.2, 0.25) is 5.91 Å². The summed E-state index contributed by atoms with van der Waals surface area (Å²) in [4.78, 5) is 12.2. The average Bonchev–Trinajstić information content (AvgIpc) is 3.36. The summed E-state index contributed by atoms with van der Waals surface area (Å²) < 4.78 is 41.2. The summed E-state index contributed by atoms with van der Waals surface area (Å²) in [7, 11) is 0. The number of thioether (sulfide) groups is 1. The van der Waals surface area contributed by atoms with Crippen LogP contribution >= 0.6 is 23.4 Å². The third kappa shape index (κ3) is 4.84. The van der Waals surface area contributed by atoms with E-state index in [1.54, 1.807) is 6.08 Å². The van der Waals surface area contributed by atoms with Crippen LogP contribution in [0.5, 0.6) is 0 Å². The standard InChI is InChI=1S/C17H16ClF3N4OS/c1-2-7-25-15(10-3-4-10)23-24-16(25)27-9-14(26)22-13-6-5-11(18)8-12(13)17(19,20)21/h2,5-6,8,10H,1,3-4,7,9H2,(H,22,26). The van der Waals surface area contributed by atoms with Gasteiger partial charge in [-0.3, -0.25) is 4.79 Å². The van der Waals surface area contributed by atoms with Crippen molar-refractivity contribution in [1.29, 1.82) is 0 Å². The number of allylic oxidation sites excluding steroid dienone is 1. The molecule has 1 aliphatic rings. The average molecular weight is 417 g/mol. The molecule has 10 heteroatoms. The lowest BCUT2D eigenvalue weighted by Crippen LogP contribution is -2.18. The molecule has 1 N–H and O–H groups in total. The number of nitrogens with zero attached hydrogens (tertiary/aromatic N) is 3. The minimum Gasteiger partial charge on any atom is -0.325 e. The molecule has 1 saturated carbocycles. The normalized spacial score (nSPS) is 14.2. The molecule has 0 bridgehead atoms. The molecule has 0 saturated heterocycles. The highest BCUT2D eigenvalue weighted by atomic mass is 35.5. The van der Waals surface area contributed by atoms with Crippen LogP contribution in [0.3, 0.4) is 0 Å². The second-order valence-corrected chi connectivity index (χ2v) is 7.42. The molecule has 0 aliphatic heterocycles. The summed E-state index contributed by atoms with van der Waals surface area (Å²) in [5.41, 5.74) is -1.32. The number of carbonyl (C=O) groups excluding carboxylic acids is 1. The minimum atomic E-state index is -4.62. The molecule has 0 spiro atoms. The number of hydrogen-bond acceptors (Lipinski definition) is 4. The molecule has 3 rings (SSSR count). The number of alkyl halides is 3. The number of benzene rings is 1. The van der Waals surface area contributed by atoms with E-state index in [4.69, 9.17) is 11.6 Å². The lowest BCUT2D eigenvalue weighted by molar-refractivity contribution is -0.137. The van der Waals surface area contributed by atoms with Crippen molar-refractivity contribution in [3.05, 3.63) is 47.3 Å². The van der Waals surface area contributed by atoms with Crippen molar-refractivity contribution < 1.29 is 18.0 Å². The number of anilines is 1. The fourth-order valence-corrected chi connectivity index (χ4v) is 3.45. The summed E-state index contributed by atoms with van der Waals surface area (Å²) >= 11 is 6.76. The highest BCUT2D eigenvalue weighted by molar-refractivity contribution is 7.99. The first-order chi connectivity index (χ1) is 12.8. The van der Waals surface area contributed by atoms with Crippen LogP contribution in [0, 0.1) is 0 Å². The molecule has 1 aromatic carbocycles. The number of halogens is 4. The Hall–Kier alpha value is -2.00. The molecule has 5 nitrogen and oxygen atoms in total. The van der Waals surface area contributed by atoms with Crippen LogP contribution in [-0.4, -0.2) is 26.4 Å². The highest BCUT2D eigenvalue weighted by Gasteiger charge is 2.34. The van der Waals surface area contributed by atoms with Crippen molar-refractivity contribution in [3.8, 4) is 0 Å². The Kier molecular flexibility index (Phi) is 5.81. The van der Waals surface area contributed by atoms with Crippen LogP contribution in [-0.2, 0) is 17.5 Å². The first kappa shape index (κ1) is 19.8. The van der Waals surface area contributed by atoms with Crippen molar-refractivity contribution in [2.75, 3.05) is 11.1 Å². The Morgan fingerprint density at radius 2 is 2.15 bits per heavy atom. The number of carbonyl (C=O) groups is 1. The van der Waals surface area contributed by atoms with Crippen molar-refractivity contribution in [3.63, 3.8) is 0 Å². The lowest BCUT2D eigenvalue weighted by Gasteiger charge is -2.14. The predicted octanol–water partition coefficient (Wildman–Crippen LogP) is 4.74. The molecule has 27 heavy (non-hydrogen) atoms. The van der Waals surface area contributed by atoms with Gasteiger partial charge in [-0.1, -0.05) is 29.4 Å². The van der Waals surface area contributed by atoms with E-state index in [2.05, 4.69) is 22.1 Å². The van der Waals surface area contributed by atoms with Gasteiger partial charge in [-0.05, 0) is 31.0 Å². The van der Waals surface area contributed by atoms with E-state index in [1.165, 1.54) is 6.07 Å². The summed E-state index contributed by atoms with van der Waals surface area (Å²) in [6.45, 7) is 4.22. The largest absolute Gasteiger partial charge is 0.418 e. The van der Waals surface area contributed by atoms with Crippen LogP contribution in [0.4, 0.5) is 18.9 Å². The summed E-state index contributed by atoms with van der Waals surface area (Å²) in [6, 6.07) is 3.22. The topological polar surface area (TPSA) is 59.8 Å². The maximum absolute atomic E-state index is 13.1. The zero-order valence-electron chi connectivity index (χ0n) is 14.1. The van der Waals surface area contributed by atoms with Gasteiger partial charge in [-0.15, -0.1) is 16.8 Å².